The quantitative estimate of drug-likeness (QED) is 0.457. The van der Waals surface area contributed by atoms with Gasteiger partial charge in [0.05, 0.1) is 12.9 Å². The molecule has 0 spiro atoms. The fourth-order valence-corrected chi connectivity index (χ4v) is 3.67. The lowest BCUT2D eigenvalue weighted by Crippen LogP contribution is -2.14. The van der Waals surface area contributed by atoms with Gasteiger partial charge in [0.15, 0.2) is 11.5 Å². The molecule has 0 aromatic heterocycles. The van der Waals surface area contributed by atoms with Crippen molar-refractivity contribution in [2.45, 2.75) is 33.1 Å². The SMILES string of the molecule is CCCCS(=O)(=O)Oc1ccc(/C=C/C(=O)Nc2ccc(CC)cc2)cc1OC. The zero-order valence-corrected chi connectivity index (χ0v) is 17.8. The Hall–Kier alpha value is -2.80. The van der Waals surface area contributed by atoms with Gasteiger partial charge in [-0.2, -0.15) is 8.42 Å². The number of unbranched alkanes of at least 4 members (excludes halogenated alkanes) is 1. The molecule has 0 fully saturated rings. The molecule has 0 radical (unpaired) electrons. The molecule has 0 atom stereocenters. The van der Waals surface area contributed by atoms with Crippen molar-refractivity contribution in [2.24, 2.45) is 0 Å². The van der Waals surface area contributed by atoms with Gasteiger partial charge >= 0.3 is 10.1 Å². The molecule has 0 heterocycles. The average Bonchev–Trinajstić information content (AvgIpc) is 2.72. The van der Waals surface area contributed by atoms with Crippen LogP contribution < -0.4 is 14.2 Å². The monoisotopic (exact) mass is 417 g/mol. The van der Waals surface area contributed by atoms with Crippen molar-refractivity contribution in [3.63, 3.8) is 0 Å². The number of anilines is 1. The third-order valence-corrected chi connectivity index (χ3v) is 5.43. The smallest absolute Gasteiger partial charge is 0.309 e. The van der Waals surface area contributed by atoms with Crippen molar-refractivity contribution >= 4 is 27.8 Å². The number of rotatable bonds is 10. The highest BCUT2D eigenvalue weighted by molar-refractivity contribution is 7.87. The van der Waals surface area contributed by atoms with E-state index in [1.54, 1.807) is 18.2 Å². The maximum Gasteiger partial charge on any atom is 0.309 e. The van der Waals surface area contributed by atoms with Crippen molar-refractivity contribution in [3.8, 4) is 11.5 Å². The second-order valence-electron chi connectivity index (χ2n) is 6.48. The summed E-state index contributed by atoms with van der Waals surface area (Å²) in [4.78, 5) is 12.1. The Morgan fingerprint density at radius 2 is 1.79 bits per heavy atom. The predicted octanol–water partition coefficient (Wildman–Crippen LogP) is 4.42. The second-order valence-corrected chi connectivity index (χ2v) is 8.17. The molecule has 1 N–H and O–H groups in total. The number of ether oxygens (including phenoxy) is 1. The number of hydrogen-bond acceptors (Lipinski definition) is 5. The van der Waals surface area contributed by atoms with Crippen LogP contribution in [0.4, 0.5) is 5.69 Å². The second kappa shape index (κ2) is 10.7. The lowest BCUT2D eigenvalue weighted by atomic mass is 10.1. The van der Waals surface area contributed by atoms with Gasteiger partial charge in [-0.15, -0.1) is 0 Å². The minimum Gasteiger partial charge on any atom is -0.493 e. The minimum atomic E-state index is -3.67. The first-order valence-corrected chi connectivity index (χ1v) is 11.1. The van der Waals surface area contributed by atoms with Crippen LogP contribution in [0.2, 0.25) is 0 Å². The third kappa shape index (κ3) is 7.27. The van der Waals surface area contributed by atoms with E-state index in [4.69, 9.17) is 8.92 Å². The largest absolute Gasteiger partial charge is 0.493 e. The molecule has 0 unspecified atom stereocenters. The van der Waals surface area contributed by atoms with E-state index in [0.29, 0.717) is 12.0 Å². The Morgan fingerprint density at radius 1 is 1.07 bits per heavy atom. The molecule has 0 saturated carbocycles. The number of nitrogens with one attached hydrogen (secondary N) is 1. The highest BCUT2D eigenvalue weighted by atomic mass is 32.2. The average molecular weight is 418 g/mol. The topological polar surface area (TPSA) is 81.7 Å². The van der Waals surface area contributed by atoms with Crippen molar-refractivity contribution in [1.29, 1.82) is 0 Å². The zero-order valence-electron chi connectivity index (χ0n) is 17.0. The number of aryl methyl sites for hydroxylation is 1. The summed E-state index contributed by atoms with van der Waals surface area (Å²) in [7, 11) is -2.24. The van der Waals surface area contributed by atoms with Gasteiger partial charge < -0.3 is 14.2 Å². The van der Waals surface area contributed by atoms with Crippen molar-refractivity contribution in [2.75, 3.05) is 18.2 Å². The summed E-state index contributed by atoms with van der Waals surface area (Å²) in [5.74, 6) is 0.0907. The van der Waals surface area contributed by atoms with Crippen molar-refractivity contribution in [3.05, 3.63) is 59.7 Å². The Balaban J connectivity index is 2.05. The van der Waals surface area contributed by atoms with Gasteiger partial charge in [0.2, 0.25) is 5.91 Å². The maximum absolute atomic E-state index is 12.1. The molecule has 6 nitrogen and oxygen atoms in total. The summed E-state index contributed by atoms with van der Waals surface area (Å²) >= 11 is 0. The molecular weight excluding hydrogens is 390 g/mol. The van der Waals surface area contributed by atoms with Gasteiger partial charge in [0.1, 0.15) is 0 Å². The lowest BCUT2D eigenvalue weighted by Gasteiger charge is -2.11. The number of hydrogen-bond donors (Lipinski definition) is 1. The van der Waals surface area contributed by atoms with E-state index in [1.165, 1.54) is 24.8 Å². The van der Waals surface area contributed by atoms with E-state index in [-0.39, 0.29) is 23.2 Å². The highest BCUT2D eigenvalue weighted by Gasteiger charge is 2.15. The number of carbonyl (C=O) groups is 1. The van der Waals surface area contributed by atoms with Crippen LogP contribution in [0, 0.1) is 0 Å². The van der Waals surface area contributed by atoms with Crippen LogP contribution in [-0.2, 0) is 21.3 Å². The van der Waals surface area contributed by atoms with E-state index >= 15 is 0 Å². The fraction of sp³-hybridized carbons (Fsp3) is 0.318. The van der Waals surface area contributed by atoms with Gasteiger partial charge in [0, 0.05) is 11.8 Å². The molecule has 0 bridgehead atoms. The molecule has 29 heavy (non-hydrogen) atoms. The first kappa shape index (κ1) is 22.5. The van der Waals surface area contributed by atoms with E-state index in [2.05, 4.69) is 12.2 Å². The van der Waals surface area contributed by atoms with Crippen LogP contribution in [0.15, 0.2) is 48.5 Å². The summed E-state index contributed by atoms with van der Waals surface area (Å²) in [6, 6.07) is 12.5. The van der Waals surface area contributed by atoms with E-state index < -0.39 is 10.1 Å². The number of carbonyl (C=O) groups excluding carboxylic acids is 1. The van der Waals surface area contributed by atoms with Crippen LogP contribution in [0.5, 0.6) is 11.5 Å². The normalized spacial score (nSPS) is 11.4. The standard InChI is InChI=1S/C22H27NO5S/c1-4-6-15-29(25,26)28-20-13-9-18(16-21(20)27-3)10-14-22(24)23-19-11-7-17(5-2)8-12-19/h7-14,16H,4-6,15H2,1-3H3,(H,23,24)/b14-10+. The lowest BCUT2D eigenvalue weighted by molar-refractivity contribution is -0.111. The van der Waals surface area contributed by atoms with E-state index in [9.17, 15) is 13.2 Å². The van der Waals surface area contributed by atoms with Crippen molar-refractivity contribution < 1.29 is 22.1 Å². The van der Waals surface area contributed by atoms with Gasteiger partial charge in [-0.25, -0.2) is 0 Å². The van der Waals surface area contributed by atoms with Gasteiger partial charge in [-0.3, -0.25) is 4.79 Å². The van der Waals surface area contributed by atoms with Gasteiger partial charge in [-0.05, 0) is 54.3 Å². The number of benzene rings is 2. The van der Waals surface area contributed by atoms with Crippen LogP contribution in [0.1, 0.15) is 37.8 Å². The Morgan fingerprint density at radius 3 is 2.41 bits per heavy atom. The van der Waals surface area contributed by atoms with Crippen LogP contribution >= 0.6 is 0 Å². The molecule has 2 rings (SSSR count). The Kier molecular flexibility index (Phi) is 8.27. The summed E-state index contributed by atoms with van der Waals surface area (Å²) in [5.41, 5.74) is 2.59. The molecular formula is C22H27NO5S. The molecule has 7 heteroatoms. The summed E-state index contributed by atoms with van der Waals surface area (Å²) < 4.78 is 34.4. The number of methoxy groups -OCH3 is 1. The maximum atomic E-state index is 12.1. The molecule has 0 aliphatic carbocycles. The first-order valence-electron chi connectivity index (χ1n) is 9.55. The fourth-order valence-electron chi connectivity index (χ4n) is 2.54. The van der Waals surface area contributed by atoms with Crippen molar-refractivity contribution in [1.82, 2.24) is 0 Å². The zero-order chi connectivity index (χ0) is 21.3. The predicted molar refractivity (Wildman–Crippen MR) is 116 cm³/mol. The molecule has 0 saturated heterocycles. The minimum absolute atomic E-state index is 0.0479. The molecule has 2 aromatic carbocycles. The third-order valence-electron chi connectivity index (χ3n) is 4.21. The molecule has 0 aliphatic heterocycles. The summed E-state index contributed by atoms with van der Waals surface area (Å²) in [5, 5.41) is 2.79. The first-order chi connectivity index (χ1) is 13.9. The highest BCUT2D eigenvalue weighted by Crippen LogP contribution is 2.30. The number of amides is 1. The molecule has 0 aliphatic rings. The van der Waals surface area contributed by atoms with E-state index in [1.807, 2.05) is 31.2 Å². The Bertz CT molecular complexity index is 950. The molecule has 2 aromatic rings. The molecule has 156 valence electrons. The van der Waals surface area contributed by atoms with Crippen LogP contribution in [0.3, 0.4) is 0 Å². The van der Waals surface area contributed by atoms with Gasteiger partial charge in [-0.1, -0.05) is 38.5 Å². The van der Waals surface area contributed by atoms with E-state index in [0.717, 1.165) is 18.5 Å². The van der Waals surface area contributed by atoms with Crippen LogP contribution in [0.25, 0.3) is 6.08 Å². The molecule has 1 amide bonds. The Labute approximate surface area is 172 Å². The van der Waals surface area contributed by atoms with Gasteiger partial charge in [0.25, 0.3) is 0 Å². The summed E-state index contributed by atoms with van der Waals surface area (Å²) in [6.07, 6.45) is 5.25. The van der Waals surface area contributed by atoms with Crippen LogP contribution in [-0.4, -0.2) is 27.2 Å². The summed E-state index contributed by atoms with van der Waals surface area (Å²) in [6.45, 7) is 3.98.